The lowest BCUT2D eigenvalue weighted by Gasteiger charge is -2.24. The van der Waals surface area contributed by atoms with Crippen molar-refractivity contribution in [2.75, 3.05) is 6.54 Å². The van der Waals surface area contributed by atoms with Crippen LogP contribution in [0.4, 0.5) is 5.69 Å². The Labute approximate surface area is 122 Å². The minimum absolute atomic E-state index is 0.00106. The van der Waals surface area contributed by atoms with Gasteiger partial charge >= 0.3 is 5.69 Å². The van der Waals surface area contributed by atoms with Gasteiger partial charge in [-0.3, -0.25) is 14.9 Å². The first-order valence-electron chi connectivity index (χ1n) is 6.65. The van der Waals surface area contributed by atoms with Crippen LogP contribution in [0.15, 0.2) is 18.2 Å². The number of benzene rings is 1. The van der Waals surface area contributed by atoms with Crippen LogP contribution in [-0.2, 0) is 0 Å². The molecule has 2 rings (SSSR count). The highest BCUT2D eigenvalue weighted by molar-refractivity contribution is 6.33. The van der Waals surface area contributed by atoms with Crippen molar-refractivity contribution in [3.8, 4) is 0 Å². The van der Waals surface area contributed by atoms with Crippen molar-refractivity contribution >= 4 is 23.2 Å². The molecule has 0 saturated heterocycles. The molecule has 0 radical (unpaired) electrons. The summed E-state index contributed by atoms with van der Waals surface area (Å²) in [5.41, 5.74) is -0.219. The SMILES string of the molecule is CC(C)CN(C(=O)c1cccc(Cl)c1[N+](=O)[O-])C1CC1. The smallest absolute Gasteiger partial charge is 0.300 e. The maximum Gasteiger partial charge on any atom is 0.300 e. The monoisotopic (exact) mass is 296 g/mol. The summed E-state index contributed by atoms with van der Waals surface area (Å²) in [5, 5.41) is 11.1. The molecule has 0 bridgehead atoms. The van der Waals surface area contributed by atoms with Crippen molar-refractivity contribution in [3.05, 3.63) is 38.9 Å². The number of nitro benzene ring substituents is 1. The average Bonchev–Trinajstić information content (AvgIpc) is 3.18. The zero-order valence-corrected chi connectivity index (χ0v) is 12.3. The highest BCUT2D eigenvalue weighted by Gasteiger charge is 2.36. The summed E-state index contributed by atoms with van der Waals surface area (Å²) in [6, 6.07) is 4.69. The topological polar surface area (TPSA) is 63.5 Å². The summed E-state index contributed by atoms with van der Waals surface area (Å²) in [4.78, 5) is 24.9. The molecule has 5 nitrogen and oxygen atoms in total. The fourth-order valence-corrected chi connectivity index (χ4v) is 2.45. The van der Waals surface area contributed by atoms with Gasteiger partial charge in [0.15, 0.2) is 0 Å². The van der Waals surface area contributed by atoms with Gasteiger partial charge in [0.2, 0.25) is 0 Å². The fraction of sp³-hybridized carbons (Fsp3) is 0.500. The fourth-order valence-electron chi connectivity index (χ4n) is 2.21. The van der Waals surface area contributed by atoms with E-state index >= 15 is 0 Å². The number of carbonyl (C=O) groups excluding carboxylic acids is 1. The van der Waals surface area contributed by atoms with E-state index in [1.807, 2.05) is 13.8 Å². The van der Waals surface area contributed by atoms with Crippen molar-refractivity contribution in [2.45, 2.75) is 32.7 Å². The van der Waals surface area contributed by atoms with E-state index in [1.165, 1.54) is 12.1 Å². The van der Waals surface area contributed by atoms with Crippen LogP contribution in [-0.4, -0.2) is 28.3 Å². The summed E-state index contributed by atoms with van der Waals surface area (Å²) in [5.74, 6) is 0.0215. The summed E-state index contributed by atoms with van der Waals surface area (Å²) < 4.78 is 0. The number of halogens is 1. The van der Waals surface area contributed by atoms with Crippen molar-refractivity contribution in [3.63, 3.8) is 0 Å². The minimum atomic E-state index is -0.587. The Hall–Kier alpha value is -1.62. The number of nitro groups is 1. The minimum Gasteiger partial charge on any atom is -0.335 e. The molecule has 1 fully saturated rings. The zero-order valence-electron chi connectivity index (χ0n) is 11.5. The Balaban J connectivity index is 2.36. The average molecular weight is 297 g/mol. The highest BCUT2D eigenvalue weighted by Crippen LogP contribution is 2.33. The molecule has 0 aromatic heterocycles. The van der Waals surface area contributed by atoms with Crippen LogP contribution in [0.25, 0.3) is 0 Å². The largest absolute Gasteiger partial charge is 0.335 e. The first-order chi connectivity index (χ1) is 9.41. The molecule has 0 spiro atoms. The molecule has 0 heterocycles. The second-order valence-corrected chi connectivity index (χ2v) is 5.88. The van der Waals surface area contributed by atoms with Crippen molar-refractivity contribution in [1.29, 1.82) is 0 Å². The van der Waals surface area contributed by atoms with Gasteiger partial charge in [0.05, 0.1) is 4.92 Å². The molecule has 108 valence electrons. The lowest BCUT2D eigenvalue weighted by atomic mass is 10.1. The molecule has 1 amide bonds. The van der Waals surface area contributed by atoms with Crippen LogP contribution >= 0.6 is 11.6 Å². The lowest BCUT2D eigenvalue weighted by Crippen LogP contribution is -2.36. The Morgan fingerprint density at radius 1 is 1.50 bits per heavy atom. The standard InChI is InChI=1S/C14H17ClN2O3/c1-9(2)8-16(10-6-7-10)14(18)11-4-3-5-12(15)13(11)17(19)20/h3-5,9-10H,6-8H2,1-2H3. The number of rotatable bonds is 5. The zero-order chi connectivity index (χ0) is 14.9. The predicted molar refractivity (Wildman–Crippen MR) is 77.0 cm³/mol. The number of hydrogen-bond acceptors (Lipinski definition) is 3. The quantitative estimate of drug-likeness (QED) is 0.617. The molecular formula is C14H17ClN2O3. The molecule has 20 heavy (non-hydrogen) atoms. The van der Waals surface area contributed by atoms with E-state index in [0.29, 0.717) is 12.5 Å². The third kappa shape index (κ3) is 3.10. The van der Waals surface area contributed by atoms with Crippen LogP contribution in [0.1, 0.15) is 37.0 Å². The van der Waals surface area contributed by atoms with Gasteiger partial charge in [-0.2, -0.15) is 0 Å². The van der Waals surface area contributed by atoms with Crippen LogP contribution in [0.3, 0.4) is 0 Å². The van der Waals surface area contributed by atoms with E-state index in [4.69, 9.17) is 11.6 Å². The number of carbonyl (C=O) groups is 1. The third-order valence-corrected chi connectivity index (χ3v) is 3.52. The van der Waals surface area contributed by atoms with Crippen LogP contribution in [0.5, 0.6) is 0 Å². The van der Waals surface area contributed by atoms with Gasteiger partial charge in [-0.25, -0.2) is 0 Å². The van der Waals surface area contributed by atoms with E-state index in [2.05, 4.69) is 0 Å². The molecule has 1 aliphatic carbocycles. The second kappa shape index (κ2) is 5.79. The normalized spacial score (nSPS) is 14.4. The van der Waals surface area contributed by atoms with Gasteiger partial charge in [-0.05, 0) is 30.9 Å². The third-order valence-electron chi connectivity index (χ3n) is 3.21. The number of amides is 1. The second-order valence-electron chi connectivity index (χ2n) is 5.48. The van der Waals surface area contributed by atoms with Crippen molar-refractivity contribution in [1.82, 2.24) is 4.90 Å². The van der Waals surface area contributed by atoms with Crippen molar-refractivity contribution in [2.24, 2.45) is 5.92 Å². The van der Waals surface area contributed by atoms with E-state index in [9.17, 15) is 14.9 Å². The van der Waals surface area contributed by atoms with Gasteiger partial charge in [0.1, 0.15) is 10.6 Å². The molecule has 1 saturated carbocycles. The number of nitrogens with zero attached hydrogens (tertiary/aromatic N) is 2. The Kier molecular flexibility index (Phi) is 4.28. The predicted octanol–water partition coefficient (Wildman–Crippen LogP) is 3.51. The van der Waals surface area contributed by atoms with E-state index in [1.54, 1.807) is 11.0 Å². The molecule has 6 heteroatoms. The highest BCUT2D eigenvalue weighted by atomic mass is 35.5. The van der Waals surface area contributed by atoms with E-state index in [-0.39, 0.29) is 28.2 Å². The summed E-state index contributed by atoms with van der Waals surface area (Å²) in [6.45, 7) is 4.65. The lowest BCUT2D eigenvalue weighted by molar-refractivity contribution is -0.385. The number of hydrogen-bond donors (Lipinski definition) is 0. The molecule has 1 aromatic rings. The molecule has 0 unspecified atom stereocenters. The van der Waals surface area contributed by atoms with Gasteiger partial charge in [-0.15, -0.1) is 0 Å². The Morgan fingerprint density at radius 3 is 2.65 bits per heavy atom. The van der Waals surface area contributed by atoms with Crippen molar-refractivity contribution < 1.29 is 9.72 Å². The molecule has 1 aliphatic rings. The van der Waals surface area contributed by atoms with Gasteiger partial charge in [-0.1, -0.05) is 31.5 Å². The van der Waals surface area contributed by atoms with Crippen LogP contribution in [0, 0.1) is 16.0 Å². The summed E-state index contributed by atoms with van der Waals surface area (Å²) >= 11 is 5.86. The molecule has 0 N–H and O–H groups in total. The first kappa shape index (κ1) is 14.8. The van der Waals surface area contributed by atoms with E-state index in [0.717, 1.165) is 12.8 Å². The first-order valence-corrected chi connectivity index (χ1v) is 7.03. The summed E-state index contributed by atoms with van der Waals surface area (Å²) in [6.07, 6.45) is 1.93. The van der Waals surface area contributed by atoms with Gasteiger partial charge < -0.3 is 4.90 Å². The Morgan fingerprint density at radius 2 is 2.15 bits per heavy atom. The molecule has 0 aliphatic heterocycles. The maximum atomic E-state index is 12.6. The number of para-hydroxylation sites is 1. The molecular weight excluding hydrogens is 280 g/mol. The van der Waals surface area contributed by atoms with E-state index < -0.39 is 4.92 Å². The Bertz CT molecular complexity index is 541. The van der Waals surface area contributed by atoms with Crippen LogP contribution in [0.2, 0.25) is 5.02 Å². The maximum absolute atomic E-state index is 12.6. The molecule has 0 atom stereocenters. The van der Waals surface area contributed by atoms with Gasteiger partial charge in [0.25, 0.3) is 5.91 Å². The summed E-state index contributed by atoms with van der Waals surface area (Å²) in [7, 11) is 0. The van der Waals surface area contributed by atoms with Gasteiger partial charge in [0, 0.05) is 12.6 Å². The van der Waals surface area contributed by atoms with Crippen LogP contribution < -0.4 is 0 Å². The molecule has 1 aromatic carbocycles.